The molecule has 1 N–H and O–H groups in total. The summed E-state index contributed by atoms with van der Waals surface area (Å²) in [7, 11) is -1.35. The van der Waals surface area contributed by atoms with Gasteiger partial charge in [-0.25, -0.2) is 8.42 Å². The fraction of sp³-hybridized carbons (Fsp3) is 0.333. The number of sulfonamides is 1. The number of amides is 2. The minimum absolute atomic E-state index is 0.0381. The lowest BCUT2D eigenvalue weighted by atomic mass is 10.1. The van der Waals surface area contributed by atoms with Gasteiger partial charge in [0.15, 0.2) is 0 Å². The standard InChI is InChI=1S/C30H36ClN3O6S/c1-6-21(2)32-30(36)22(3)33(19-23-11-13-24(31)14-12-23)29(35)20-34(27-9-7-8-10-28(27)40-5)41(37,38)26-17-15-25(39-4)16-18-26/h7-18,21-22H,6,19-20H2,1-5H3,(H,32,36)/t21-,22+/m0/s1. The van der Waals surface area contributed by atoms with Crippen LogP contribution in [0.2, 0.25) is 5.02 Å². The predicted octanol–water partition coefficient (Wildman–Crippen LogP) is 4.88. The van der Waals surface area contributed by atoms with Crippen LogP contribution in [-0.2, 0) is 26.2 Å². The lowest BCUT2D eigenvalue weighted by Gasteiger charge is -2.32. The van der Waals surface area contributed by atoms with E-state index in [0.717, 1.165) is 9.87 Å². The smallest absolute Gasteiger partial charge is 0.264 e. The number of halogens is 1. The van der Waals surface area contributed by atoms with Gasteiger partial charge >= 0.3 is 0 Å². The molecule has 0 aliphatic heterocycles. The summed E-state index contributed by atoms with van der Waals surface area (Å²) in [6.45, 7) is 4.93. The van der Waals surface area contributed by atoms with Crippen LogP contribution in [0.4, 0.5) is 5.69 Å². The van der Waals surface area contributed by atoms with Crippen molar-refractivity contribution in [3.8, 4) is 11.5 Å². The van der Waals surface area contributed by atoms with Crippen LogP contribution in [0.5, 0.6) is 11.5 Å². The van der Waals surface area contributed by atoms with Crippen molar-refractivity contribution >= 4 is 39.1 Å². The molecule has 2 atom stereocenters. The molecule has 0 heterocycles. The largest absolute Gasteiger partial charge is 0.497 e. The lowest BCUT2D eigenvalue weighted by Crippen LogP contribution is -2.52. The van der Waals surface area contributed by atoms with E-state index in [-0.39, 0.29) is 34.8 Å². The molecule has 0 fully saturated rings. The van der Waals surface area contributed by atoms with Gasteiger partial charge in [-0.05, 0) is 74.4 Å². The number of nitrogens with one attached hydrogen (secondary N) is 1. The van der Waals surface area contributed by atoms with Gasteiger partial charge in [0.1, 0.15) is 24.1 Å². The summed E-state index contributed by atoms with van der Waals surface area (Å²) >= 11 is 6.05. The fourth-order valence-corrected chi connectivity index (χ4v) is 5.61. The van der Waals surface area contributed by atoms with E-state index in [4.69, 9.17) is 21.1 Å². The van der Waals surface area contributed by atoms with Gasteiger partial charge < -0.3 is 19.7 Å². The van der Waals surface area contributed by atoms with Crippen molar-refractivity contribution in [1.82, 2.24) is 10.2 Å². The molecule has 0 bridgehead atoms. The molecule has 0 spiro atoms. The Balaban J connectivity index is 2.06. The quantitative estimate of drug-likeness (QED) is 0.299. The molecule has 0 saturated carbocycles. The van der Waals surface area contributed by atoms with Crippen LogP contribution in [0.15, 0.2) is 77.7 Å². The van der Waals surface area contributed by atoms with Crippen LogP contribution in [0.3, 0.4) is 0 Å². The number of methoxy groups -OCH3 is 2. The molecule has 0 unspecified atom stereocenters. The maximum absolute atomic E-state index is 14.0. The highest BCUT2D eigenvalue weighted by Crippen LogP contribution is 2.33. The van der Waals surface area contributed by atoms with E-state index in [1.165, 1.54) is 43.4 Å². The molecule has 0 radical (unpaired) electrons. The van der Waals surface area contributed by atoms with Crippen molar-refractivity contribution < 1.29 is 27.5 Å². The second-order valence-electron chi connectivity index (χ2n) is 9.50. The highest BCUT2D eigenvalue weighted by Gasteiger charge is 2.34. The number of hydrogen-bond donors (Lipinski definition) is 1. The van der Waals surface area contributed by atoms with Crippen LogP contribution < -0.4 is 19.1 Å². The lowest BCUT2D eigenvalue weighted by molar-refractivity contribution is -0.139. The fourth-order valence-electron chi connectivity index (χ4n) is 4.06. The monoisotopic (exact) mass is 601 g/mol. The molecule has 0 aliphatic carbocycles. The SMILES string of the molecule is CC[C@H](C)NC(=O)[C@@H](C)N(Cc1ccc(Cl)cc1)C(=O)CN(c1ccccc1OC)S(=O)(=O)c1ccc(OC)cc1. The van der Waals surface area contributed by atoms with Gasteiger partial charge in [-0.1, -0.05) is 42.8 Å². The number of para-hydroxylation sites is 2. The van der Waals surface area contributed by atoms with Gasteiger partial charge in [0.25, 0.3) is 10.0 Å². The Hall–Kier alpha value is -3.76. The van der Waals surface area contributed by atoms with E-state index in [2.05, 4.69) is 5.32 Å². The molecule has 3 rings (SSSR count). The molecular weight excluding hydrogens is 566 g/mol. The molecule has 0 saturated heterocycles. The Morgan fingerprint density at radius 1 is 0.927 bits per heavy atom. The second-order valence-corrected chi connectivity index (χ2v) is 11.8. The Labute approximate surface area is 247 Å². The number of anilines is 1. The highest BCUT2D eigenvalue weighted by atomic mass is 35.5. The number of hydrogen-bond acceptors (Lipinski definition) is 6. The number of ether oxygens (including phenoxy) is 2. The molecule has 0 aliphatic rings. The summed E-state index contributed by atoms with van der Waals surface area (Å²) in [6.07, 6.45) is 0.714. The Morgan fingerprint density at radius 2 is 1.56 bits per heavy atom. The Morgan fingerprint density at radius 3 is 2.15 bits per heavy atom. The van der Waals surface area contributed by atoms with Gasteiger partial charge in [-0.2, -0.15) is 0 Å². The molecule has 11 heteroatoms. The first-order chi connectivity index (χ1) is 19.5. The predicted molar refractivity (Wildman–Crippen MR) is 160 cm³/mol. The average Bonchev–Trinajstić information content (AvgIpc) is 2.98. The third-order valence-electron chi connectivity index (χ3n) is 6.71. The molecule has 9 nitrogen and oxygen atoms in total. The molecule has 220 valence electrons. The summed E-state index contributed by atoms with van der Waals surface area (Å²) in [6, 6.07) is 18.3. The summed E-state index contributed by atoms with van der Waals surface area (Å²) < 4.78 is 39.6. The van der Waals surface area contributed by atoms with Gasteiger partial charge in [0, 0.05) is 17.6 Å². The van der Waals surface area contributed by atoms with E-state index in [1.54, 1.807) is 55.5 Å². The van der Waals surface area contributed by atoms with Crippen LogP contribution in [0, 0.1) is 0 Å². The van der Waals surface area contributed by atoms with Crippen LogP contribution >= 0.6 is 11.6 Å². The van der Waals surface area contributed by atoms with Crippen LogP contribution in [0.25, 0.3) is 0 Å². The van der Waals surface area contributed by atoms with E-state index < -0.39 is 28.5 Å². The van der Waals surface area contributed by atoms with Crippen LogP contribution in [0.1, 0.15) is 32.8 Å². The first kappa shape index (κ1) is 31.8. The van der Waals surface area contributed by atoms with Crippen molar-refractivity contribution in [3.05, 3.63) is 83.4 Å². The van der Waals surface area contributed by atoms with E-state index >= 15 is 0 Å². The van der Waals surface area contributed by atoms with Gasteiger partial charge in [0.2, 0.25) is 11.8 Å². The normalized spacial score (nSPS) is 12.6. The summed E-state index contributed by atoms with van der Waals surface area (Å²) in [5, 5.41) is 3.44. The maximum atomic E-state index is 14.0. The number of nitrogens with zero attached hydrogens (tertiary/aromatic N) is 2. The number of carbonyl (C=O) groups excluding carboxylic acids is 2. The highest BCUT2D eigenvalue weighted by molar-refractivity contribution is 7.92. The van der Waals surface area contributed by atoms with Crippen molar-refractivity contribution in [3.63, 3.8) is 0 Å². The molecule has 41 heavy (non-hydrogen) atoms. The minimum Gasteiger partial charge on any atom is -0.497 e. The van der Waals surface area contributed by atoms with E-state index in [1.807, 2.05) is 13.8 Å². The summed E-state index contributed by atoms with van der Waals surface area (Å²) in [5.74, 6) is -0.165. The first-order valence-electron chi connectivity index (χ1n) is 13.2. The van der Waals surface area contributed by atoms with Crippen LogP contribution in [-0.4, -0.2) is 58.0 Å². The van der Waals surface area contributed by atoms with E-state index in [0.29, 0.717) is 17.2 Å². The summed E-state index contributed by atoms with van der Waals surface area (Å²) in [4.78, 5) is 28.5. The zero-order chi connectivity index (χ0) is 30.2. The Bertz CT molecular complexity index is 1430. The number of benzene rings is 3. The third kappa shape index (κ3) is 7.92. The van der Waals surface area contributed by atoms with Crippen molar-refractivity contribution in [2.45, 2.75) is 50.7 Å². The zero-order valence-corrected chi connectivity index (χ0v) is 25.4. The van der Waals surface area contributed by atoms with Crippen molar-refractivity contribution in [2.24, 2.45) is 0 Å². The van der Waals surface area contributed by atoms with Crippen molar-refractivity contribution in [2.75, 3.05) is 25.1 Å². The molecule has 3 aromatic carbocycles. The Kier molecular flexibility index (Phi) is 11.0. The number of rotatable bonds is 13. The van der Waals surface area contributed by atoms with Gasteiger partial charge in [-0.15, -0.1) is 0 Å². The molecule has 3 aromatic rings. The first-order valence-corrected chi connectivity index (χ1v) is 15.0. The minimum atomic E-state index is -4.26. The van der Waals surface area contributed by atoms with Crippen molar-refractivity contribution in [1.29, 1.82) is 0 Å². The number of carbonyl (C=O) groups is 2. The molecule has 2 amide bonds. The summed E-state index contributed by atoms with van der Waals surface area (Å²) in [5.41, 5.74) is 0.912. The van der Waals surface area contributed by atoms with Gasteiger partial charge in [-0.3, -0.25) is 13.9 Å². The van der Waals surface area contributed by atoms with Gasteiger partial charge in [0.05, 0.1) is 24.8 Å². The second kappa shape index (κ2) is 14.2. The maximum Gasteiger partial charge on any atom is 0.264 e. The zero-order valence-electron chi connectivity index (χ0n) is 23.8. The topological polar surface area (TPSA) is 105 Å². The van der Waals surface area contributed by atoms with E-state index in [9.17, 15) is 18.0 Å². The molecular formula is C30H36ClN3O6S. The molecule has 0 aromatic heterocycles. The average molecular weight is 602 g/mol. The third-order valence-corrected chi connectivity index (χ3v) is 8.74.